The molecule has 0 amide bonds. The lowest BCUT2D eigenvalue weighted by Crippen LogP contribution is -2.31. The second-order valence-electron chi connectivity index (χ2n) is 5.47. The predicted molar refractivity (Wildman–Crippen MR) is 80.4 cm³/mol. The van der Waals surface area contributed by atoms with Crippen LogP contribution in [0.4, 0.5) is 4.79 Å². The maximum absolute atomic E-state index is 12.1. The van der Waals surface area contributed by atoms with Gasteiger partial charge in [-0.2, -0.15) is 0 Å². The molecule has 1 aromatic carbocycles. The molecule has 0 saturated heterocycles. The maximum atomic E-state index is 12.1. The first-order valence-electron chi connectivity index (χ1n) is 6.53. The quantitative estimate of drug-likeness (QED) is 0.802. The second-order valence-corrected chi connectivity index (χ2v) is 9.90. The molecule has 106 valence electrons. The van der Waals surface area contributed by atoms with Crippen molar-refractivity contribution >= 4 is 14.4 Å². The zero-order valence-corrected chi connectivity index (χ0v) is 13.0. The highest BCUT2D eigenvalue weighted by molar-refractivity contribution is 6.70. The van der Waals surface area contributed by atoms with Crippen molar-refractivity contribution in [3.05, 3.63) is 54.2 Å². The van der Waals surface area contributed by atoms with E-state index in [1.165, 1.54) is 4.57 Å². The number of aromatic nitrogens is 1. The first-order chi connectivity index (χ1) is 9.46. The molecule has 0 unspecified atom stereocenters. The van der Waals surface area contributed by atoms with E-state index in [1.807, 2.05) is 30.3 Å². The normalized spacial score (nSPS) is 11.2. The van der Waals surface area contributed by atoms with Crippen molar-refractivity contribution in [2.45, 2.75) is 26.2 Å². The van der Waals surface area contributed by atoms with Crippen LogP contribution in [-0.4, -0.2) is 19.0 Å². The molecule has 1 heterocycles. The van der Waals surface area contributed by atoms with E-state index < -0.39 is 14.4 Å². The van der Waals surface area contributed by atoms with Crippen molar-refractivity contribution in [3.8, 4) is 5.88 Å². The number of hydrogen-bond acceptors (Lipinski definition) is 3. The predicted octanol–water partition coefficient (Wildman–Crippen LogP) is 3.89. The van der Waals surface area contributed by atoms with Gasteiger partial charge in [0.1, 0.15) is 6.61 Å². The zero-order valence-electron chi connectivity index (χ0n) is 12.0. The summed E-state index contributed by atoms with van der Waals surface area (Å²) in [6.07, 6.45) is 1.23. The zero-order chi connectivity index (χ0) is 14.6. The molecule has 0 aliphatic carbocycles. The number of carbonyl (C=O) groups excluding carboxylic acids is 1. The third-order valence-corrected chi connectivity index (χ3v) is 3.35. The summed E-state index contributed by atoms with van der Waals surface area (Å²) < 4.78 is 12.5. The topological polar surface area (TPSA) is 40.5 Å². The Labute approximate surface area is 120 Å². The second kappa shape index (κ2) is 5.96. The molecule has 5 heteroatoms. The van der Waals surface area contributed by atoms with Crippen molar-refractivity contribution < 1.29 is 14.0 Å². The first-order valence-corrected chi connectivity index (χ1v) is 9.94. The van der Waals surface area contributed by atoms with Crippen LogP contribution in [0.25, 0.3) is 0 Å². The van der Waals surface area contributed by atoms with Crippen LogP contribution in [0.15, 0.2) is 48.7 Å². The Hall–Kier alpha value is -2.01. The van der Waals surface area contributed by atoms with Crippen LogP contribution < -0.4 is 4.43 Å². The van der Waals surface area contributed by atoms with Crippen LogP contribution in [0.1, 0.15) is 5.56 Å². The number of carbonyl (C=O) groups is 1. The molecule has 0 spiro atoms. The van der Waals surface area contributed by atoms with Gasteiger partial charge >= 0.3 is 6.09 Å². The van der Waals surface area contributed by atoms with Gasteiger partial charge in [-0.15, -0.1) is 0 Å². The summed E-state index contributed by atoms with van der Waals surface area (Å²) in [5.41, 5.74) is 0.959. The van der Waals surface area contributed by atoms with Crippen LogP contribution in [0.2, 0.25) is 19.6 Å². The van der Waals surface area contributed by atoms with Gasteiger partial charge in [0.15, 0.2) is 5.88 Å². The van der Waals surface area contributed by atoms with Crippen LogP contribution in [-0.2, 0) is 11.3 Å². The van der Waals surface area contributed by atoms with Gasteiger partial charge < -0.3 is 9.16 Å². The first kappa shape index (κ1) is 14.4. The highest BCUT2D eigenvalue weighted by Gasteiger charge is 2.20. The van der Waals surface area contributed by atoms with Crippen LogP contribution in [0, 0.1) is 0 Å². The molecule has 4 nitrogen and oxygen atoms in total. The summed E-state index contributed by atoms with van der Waals surface area (Å²) >= 11 is 0. The molecule has 0 radical (unpaired) electrons. The lowest BCUT2D eigenvalue weighted by atomic mass is 10.2. The number of nitrogens with zero attached hydrogens (tertiary/aromatic N) is 1. The van der Waals surface area contributed by atoms with Crippen molar-refractivity contribution in [1.29, 1.82) is 0 Å². The monoisotopic (exact) mass is 289 g/mol. The minimum absolute atomic E-state index is 0.254. The van der Waals surface area contributed by atoms with Gasteiger partial charge in [0.25, 0.3) is 0 Å². The van der Waals surface area contributed by atoms with E-state index >= 15 is 0 Å². The van der Waals surface area contributed by atoms with Gasteiger partial charge in [0, 0.05) is 6.20 Å². The van der Waals surface area contributed by atoms with Crippen LogP contribution >= 0.6 is 0 Å². The van der Waals surface area contributed by atoms with E-state index in [-0.39, 0.29) is 6.61 Å². The Morgan fingerprint density at radius 2 is 1.80 bits per heavy atom. The van der Waals surface area contributed by atoms with E-state index in [2.05, 4.69) is 19.6 Å². The molecular weight excluding hydrogens is 270 g/mol. The number of ether oxygens (including phenoxy) is 1. The van der Waals surface area contributed by atoms with Crippen LogP contribution in [0.3, 0.4) is 0 Å². The standard InChI is InChI=1S/C15H19NO3Si/c1-20(2,3)19-14-10-7-11-16(14)15(17)18-12-13-8-5-4-6-9-13/h4-11H,12H2,1-3H3. The maximum Gasteiger partial charge on any atom is 0.421 e. The Kier molecular flexibility index (Phi) is 4.29. The van der Waals surface area contributed by atoms with E-state index in [0.29, 0.717) is 5.88 Å². The van der Waals surface area contributed by atoms with Gasteiger partial charge in [0.05, 0.1) is 0 Å². The molecule has 0 fully saturated rings. The highest BCUT2D eigenvalue weighted by atomic mass is 28.4. The fourth-order valence-corrected chi connectivity index (χ4v) is 2.50. The fraction of sp³-hybridized carbons (Fsp3) is 0.267. The lowest BCUT2D eigenvalue weighted by Gasteiger charge is -2.19. The fourth-order valence-electron chi connectivity index (χ4n) is 1.70. The molecule has 0 bridgehead atoms. The molecule has 2 aromatic rings. The molecule has 2 rings (SSSR count). The Bertz CT molecular complexity index is 572. The third kappa shape index (κ3) is 3.99. The molecule has 0 N–H and O–H groups in total. The Morgan fingerprint density at radius 3 is 2.45 bits per heavy atom. The third-order valence-electron chi connectivity index (χ3n) is 2.52. The van der Waals surface area contributed by atoms with Crippen molar-refractivity contribution in [1.82, 2.24) is 4.57 Å². The molecule has 1 aromatic heterocycles. The molecule has 0 atom stereocenters. The number of benzene rings is 1. The largest absolute Gasteiger partial charge is 0.532 e. The van der Waals surface area contributed by atoms with E-state index in [4.69, 9.17) is 9.16 Å². The summed E-state index contributed by atoms with van der Waals surface area (Å²) in [6.45, 7) is 6.46. The highest BCUT2D eigenvalue weighted by Crippen LogP contribution is 2.18. The minimum atomic E-state index is -1.75. The van der Waals surface area contributed by atoms with Crippen molar-refractivity contribution in [2.24, 2.45) is 0 Å². The van der Waals surface area contributed by atoms with E-state index in [0.717, 1.165) is 5.56 Å². The smallest absolute Gasteiger partial charge is 0.421 e. The van der Waals surface area contributed by atoms with Gasteiger partial charge in [0.2, 0.25) is 8.32 Å². The van der Waals surface area contributed by atoms with E-state index in [1.54, 1.807) is 18.3 Å². The van der Waals surface area contributed by atoms with Gasteiger partial charge in [-0.05, 0) is 37.3 Å². The summed E-state index contributed by atoms with van der Waals surface area (Å²) in [7, 11) is -1.75. The molecular formula is C15H19NO3Si. The molecule has 0 aliphatic rings. The molecule has 0 saturated carbocycles. The average molecular weight is 289 g/mol. The van der Waals surface area contributed by atoms with Gasteiger partial charge in [-0.3, -0.25) is 0 Å². The van der Waals surface area contributed by atoms with Crippen molar-refractivity contribution in [2.75, 3.05) is 0 Å². The summed E-state index contributed by atoms with van der Waals surface area (Å²) in [6, 6.07) is 13.2. The Morgan fingerprint density at radius 1 is 1.10 bits per heavy atom. The minimum Gasteiger partial charge on any atom is -0.532 e. The summed E-state index contributed by atoms with van der Waals surface area (Å²) in [5, 5.41) is 0. The Balaban J connectivity index is 2.01. The SMILES string of the molecule is C[Si](C)(C)Oc1cccn1C(=O)OCc1ccccc1. The number of hydrogen-bond donors (Lipinski definition) is 0. The molecule has 0 aliphatic heterocycles. The summed E-state index contributed by atoms with van der Waals surface area (Å²) in [5.74, 6) is 0.544. The summed E-state index contributed by atoms with van der Waals surface area (Å²) in [4.78, 5) is 12.1. The lowest BCUT2D eigenvalue weighted by molar-refractivity contribution is 0.140. The molecule has 20 heavy (non-hydrogen) atoms. The average Bonchev–Trinajstić information content (AvgIpc) is 2.83. The van der Waals surface area contributed by atoms with E-state index in [9.17, 15) is 4.79 Å². The van der Waals surface area contributed by atoms with Gasteiger partial charge in [-0.1, -0.05) is 30.3 Å². The van der Waals surface area contributed by atoms with Crippen LogP contribution in [0.5, 0.6) is 5.88 Å². The van der Waals surface area contributed by atoms with Gasteiger partial charge in [-0.25, -0.2) is 9.36 Å². The van der Waals surface area contributed by atoms with Crippen molar-refractivity contribution in [3.63, 3.8) is 0 Å². The number of rotatable bonds is 4.